The Labute approximate surface area is 122 Å². The molecule has 0 aliphatic carbocycles. The van der Waals surface area contributed by atoms with Crippen LogP contribution in [0.25, 0.3) is 0 Å². The molecule has 2 aromatic carbocycles. The summed E-state index contributed by atoms with van der Waals surface area (Å²) in [4.78, 5) is 12.1. The molecule has 0 spiro atoms. The molecular formula is C16H17FN2O2. The lowest BCUT2D eigenvalue weighted by Gasteiger charge is -2.09. The molecule has 0 unspecified atom stereocenters. The number of ether oxygens (including phenoxy) is 1. The van der Waals surface area contributed by atoms with Crippen molar-refractivity contribution < 1.29 is 13.9 Å². The topological polar surface area (TPSA) is 64.3 Å². The van der Waals surface area contributed by atoms with Gasteiger partial charge in [0.05, 0.1) is 17.9 Å². The third-order valence-electron chi connectivity index (χ3n) is 2.88. The van der Waals surface area contributed by atoms with Crippen LogP contribution in [-0.2, 0) is 0 Å². The van der Waals surface area contributed by atoms with Gasteiger partial charge in [-0.1, -0.05) is 13.0 Å². The molecule has 0 atom stereocenters. The third kappa shape index (κ3) is 3.72. The molecule has 2 aromatic rings. The lowest BCUT2D eigenvalue weighted by atomic mass is 10.1. The maximum atomic E-state index is 13.3. The first-order chi connectivity index (χ1) is 10.1. The van der Waals surface area contributed by atoms with Gasteiger partial charge < -0.3 is 15.8 Å². The Bertz CT molecular complexity index is 627. The molecule has 4 nitrogen and oxygen atoms in total. The molecule has 0 aromatic heterocycles. The lowest BCUT2D eigenvalue weighted by Crippen LogP contribution is -2.14. The molecule has 0 aliphatic rings. The number of nitrogen functional groups attached to an aromatic ring is 1. The largest absolute Gasteiger partial charge is 0.494 e. The van der Waals surface area contributed by atoms with Crippen LogP contribution in [0, 0.1) is 5.82 Å². The van der Waals surface area contributed by atoms with Crippen molar-refractivity contribution in [1.29, 1.82) is 0 Å². The predicted octanol–water partition coefficient (Wildman–Crippen LogP) is 3.45. The van der Waals surface area contributed by atoms with Crippen LogP contribution in [0.5, 0.6) is 5.75 Å². The van der Waals surface area contributed by atoms with Gasteiger partial charge in [0.15, 0.2) is 0 Å². The number of carbonyl (C=O) groups is 1. The van der Waals surface area contributed by atoms with E-state index in [2.05, 4.69) is 5.32 Å². The molecule has 110 valence electrons. The van der Waals surface area contributed by atoms with Crippen molar-refractivity contribution in [2.24, 2.45) is 0 Å². The van der Waals surface area contributed by atoms with E-state index in [0.29, 0.717) is 12.3 Å². The molecule has 21 heavy (non-hydrogen) atoms. The fraction of sp³-hybridized carbons (Fsp3) is 0.188. The van der Waals surface area contributed by atoms with Crippen LogP contribution in [0.3, 0.4) is 0 Å². The molecule has 0 aliphatic heterocycles. The smallest absolute Gasteiger partial charge is 0.257 e. The third-order valence-corrected chi connectivity index (χ3v) is 2.88. The van der Waals surface area contributed by atoms with Gasteiger partial charge in [-0.25, -0.2) is 4.39 Å². The Kier molecular flexibility index (Phi) is 4.77. The summed E-state index contributed by atoms with van der Waals surface area (Å²) in [5, 5.41) is 2.67. The fourth-order valence-corrected chi connectivity index (χ4v) is 1.79. The van der Waals surface area contributed by atoms with Crippen LogP contribution in [0.2, 0.25) is 0 Å². The normalized spacial score (nSPS) is 10.2. The van der Waals surface area contributed by atoms with Crippen molar-refractivity contribution in [2.75, 3.05) is 17.7 Å². The highest BCUT2D eigenvalue weighted by molar-refractivity contribution is 6.07. The number of carbonyl (C=O) groups excluding carboxylic acids is 1. The van der Waals surface area contributed by atoms with Crippen LogP contribution in [0.4, 0.5) is 15.8 Å². The van der Waals surface area contributed by atoms with E-state index >= 15 is 0 Å². The highest BCUT2D eigenvalue weighted by Gasteiger charge is 2.12. The van der Waals surface area contributed by atoms with Crippen molar-refractivity contribution in [2.45, 2.75) is 13.3 Å². The summed E-state index contributed by atoms with van der Waals surface area (Å²) in [6.45, 7) is 2.67. The molecular weight excluding hydrogens is 271 g/mol. The SMILES string of the molecule is CCCOc1ccc(NC(=O)c2cccc(F)c2N)cc1. The summed E-state index contributed by atoms with van der Waals surface area (Å²) in [7, 11) is 0. The van der Waals surface area contributed by atoms with E-state index in [1.807, 2.05) is 6.92 Å². The Hall–Kier alpha value is -2.56. The summed E-state index contributed by atoms with van der Waals surface area (Å²) in [5.41, 5.74) is 6.11. The molecule has 5 heteroatoms. The van der Waals surface area contributed by atoms with Gasteiger partial charge in [0.1, 0.15) is 11.6 Å². The van der Waals surface area contributed by atoms with Gasteiger partial charge in [-0.15, -0.1) is 0 Å². The lowest BCUT2D eigenvalue weighted by molar-refractivity contribution is 0.102. The zero-order valence-corrected chi connectivity index (χ0v) is 11.7. The van der Waals surface area contributed by atoms with E-state index in [9.17, 15) is 9.18 Å². The number of benzene rings is 2. The van der Waals surface area contributed by atoms with Crippen molar-refractivity contribution in [3.8, 4) is 5.75 Å². The Morgan fingerprint density at radius 3 is 2.62 bits per heavy atom. The summed E-state index contributed by atoms with van der Waals surface area (Å²) >= 11 is 0. The van der Waals surface area contributed by atoms with Gasteiger partial charge in [0.2, 0.25) is 0 Å². The Morgan fingerprint density at radius 1 is 1.24 bits per heavy atom. The van der Waals surface area contributed by atoms with E-state index in [-0.39, 0.29) is 11.3 Å². The fourth-order valence-electron chi connectivity index (χ4n) is 1.79. The number of anilines is 2. The first-order valence-corrected chi connectivity index (χ1v) is 6.70. The molecule has 1 amide bonds. The molecule has 0 saturated heterocycles. The first-order valence-electron chi connectivity index (χ1n) is 6.70. The summed E-state index contributed by atoms with van der Waals surface area (Å²) < 4.78 is 18.8. The van der Waals surface area contributed by atoms with Crippen molar-refractivity contribution in [3.63, 3.8) is 0 Å². The summed E-state index contributed by atoms with van der Waals surface area (Å²) in [5.74, 6) is -0.319. The molecule has 0 heterocycles. The minimum absolute atomic E-state index is 0.112. The minimum atomic E-state index is -0.606. The van der Waals surface area contributed by atoms with Gasteiger partial charge in [0, 0.05) is 5.69 Å². The maximum Gasteiger partial charge on any atom is 0.257 e. The number of hydrogen-bond donors (Lipinski definition) is 2. The molecule has 0 radical (unpaired) electrons. The average molecular weight is 288 g/mol. The second-order valence-corrected chi connectivity index (χ2v) is 4.53. The van der Waals surface area contributed by atoms with Crippen molar-refractivity contribution in [3.05, 3.63) is 53.8 Å². The van der Waals surface area contributed by atoms with Crippen molar-refractivity contribution in [1.82, 2.24) is 0 Å². The van der Waals surface area contributed by atoms with Gasteiger partial charge >= 0.3 is 0 Å². The number of para-hydroxylation sites is 1. The van der Waals surface area contributed by atoms with Crippen LogP contribution in [0.15, 0.2) is 42.5 Å². The zero-order chi connectivity index (χ0) is 15.2. The number of nitrogens with two attached hydrogens (primary N) is 1. The molecule has 0 bridgehead atoms. The van der Waals surface area contributed by atoms with E-state index in [4.69, 9.17) is 10.5 Å². The number of halogens is 1. The van der Waals surface area contributed by atoms with Gasteiger partial charge in [-0.3, -0.25) is 4.79 Å². The number of nitrogens with one attached hydrogen (secondary N) is 1. The Balaban J connectivity index is 2.07. The standard InChI is InChI=1S/C16H17FN2O2/c1-2-10-21-12-8-6-11(7-9-12)19-16(20)13-4-3-5-14(17)15(13)18/h3-9H,2,10,18H2,1H3,(H,19,20). The van der Waals surface area contributed by atoms with Crippen LogP contribution in [0.1, 0.15) is 23.7 Å². The predicted molar refractivity (Wildman–Crippen MR) is 81.0 cm³/mol. The van der Waals surface area contributed by atoms with Gasteiger partial charge in [-0.2, -0.15) is 0 Å². The highest BCUT2D eigenvalue weighted by Crippen LogP contribution is 2.19. The van der Waals surface area contributed by atoms with Crippen molar-refractivity contribution >= 4 is 17.3 Å². The number of rotatable bonds is 5. The quantitative estimate of drug-likeness (QED) is 0.828. The highest BCUT2D eigenvalue weighted by atomic mass is 19.1. The van der Waals surface area contributed by atoms with Crippen LogP contribution < -0.4 is 15.8 Å². The van der Waals surface area contributed by atoms with E-state index in [0.717, 1.165) is 12.2 Å². The second kappa shape index (κ2) is 6.74. The van der Waals surface area contributed by atoms with Crippen LogP contribution >= 0.6 is 0 Å². The number of amides is 1. The van der Waals surface area contributed by atoms with Crippen LogP contribution in [-0.4, -0.2) is 12.5 Å². The zero-order valence-electron chi connectivity index (χ0n) is 11.7. The first kappa shape index (κ1) is 14.8. The van der Waals surface area contributed by atoms with E-state index < -0.39 is 11.7 Å². The maximum absolute atomic E-state index is 13.3. The molecule has 3 N–H and O–H groups in total. The number of hydrogen-bond acceptors (Lipinski definition) is 3. The summed E-state index contributed by atoms with van der Waals surface area (Å²) in [6, 6.07) is 11.1. The summed E-state index contributed by atoms with van der Waals surface area (Å²) in [6.07, 6.45) is 0.928. The minimum Gasteiger partial charge on any atom is -0.494 e. The van der Waals surface area contributed by atoms with E-state index in [1.165, 1.54) is 18.2 Å². The average Bonchev–Trinajstić information content (AvgIpc) is 2.49. The monoisotopic (exact) mass is 288 g/mol. The molecule has 0 fully saturated rings. The molecule has 2 rings (SSSR count). The second-order valence-electron chi connectivity index (χ2n) is 4.53. The van der Waals surface area contributed by atoms with Gasteiger partial charge in [-0.05, 0) is 42.8 Å². The Morgan fingerprint density at radius 2 is 1.95 bits per heavy atom. The molecule has 0 saturated carbocycles. The van der Waals surface area contributed by atoms with E-state index in [1.54, 1.807) is 24.3 Å². The van der Waals surface area contributed by atoms with Gasteiger partial charge in [0.25, 0.3) is 5.91 Å².